The molecule has 2 amide bonds. The van der Waals surface area contributed by atoms with E-state index in [2.05, 4.69) is 5.32 Å². The summed E-state index contributed by atoms with van der Waals surface area (Å²) in [6, 6.07) is 4.92. The van der Waals surface area contributed by atoms with Crippen LogP contribution in [0.25, 0.3) is 0 Å². The van der Waals surface area contributed by atoms with Crippen molar-refractivity contribution in [2.45, 2.75) is 13.0 Å². The Hall–Kier alpha value is -2.45. The maximum atomic E-state index is 13.7. The highest BCUT2D eigenvalue weighted by Gasteiger charge is 2.23. The Bertz CT molecular complexity index is 809. The molecule has 1 aromatic heterocycles. The van der Waals surface area contributed by atoms with E-state index in [4.69, 9.17) is 22.1 Å². The van der Waals surface area contributed by atoms with Crippen LogP contribution in [0.5, 0.6) is 0 Å². The van der Waals surface area contributed by atoms with E-state index in [1.807, 2.05) is 0 Å². The van der Waals surface area contributed by atoms with Gasteiger partial charge in [-0.1, -0.05) is 11.6 Å². The molecule has 0 aliphatic carbocycles. The lowest BCUT2D eigenvalue weighted by Crippen LogP contribution is -2.30. The molecule has 0 bridgehead atoms. The van der Waals surface area contributed by atoms with Gasteiger partial charge in [0.1, 0.15) is 10.8 Å². The third kappa shape index (κ3) is 4.09. The van der Waals surface area contributed by atoms with Crippen LogP contribution in [-0.2, 0) is 9.53 Å². The van der Waals surface area contributed by atoms with Crippen LogP contribution in [0.3, 0.4) is 0 Å². The molecule has 1 aromatic carbocycles. The average Bonchev–Trinajstić information content (AvgIpc) is 2.95. The fraction of sp³-hybridized carbons (Fsp3) is 0.133. The van der Waals surface area contributed by atoms with Crippen molar-refractivity contribution in [2.75, 3.05) is 5.32 Å². The molecular weight excluding hydrogens is 359 g/mol. The summed E-state index contributed by atoms with van der Waals surface area (Å²) < 4.78 is 18.6. The van der Waals surface area contributed by atoms with E-state index in [0.717, 1.165) is 23.5 Å². The number of anilines is 1. The third-order valence-corrected chi connectivity index (χ3v) is 4.04. The van der Waals surface area contributed by atoms with Gasteiger partial charge in [-0.25, -0.2) is 9.18 Å². The van der Waals surface area contributed by atoms with Gasteiger partial charge in [0.2, 0.25) is 0 Å². The molecule has 9 heteroatoms. The van der Waals surface area contributed by atoms with E-state index in [0.29, 0.717) is 0 Å². The van der Waals surface area contributed by atoms with E-state index in [-0.39, 0.29) is 21.2 Å². The maximum absolute atomic E-state index is 13.7. The number of nitrogens with two attached hydrogens (primary N) is 1. The van der Waals surface area contributed by atoms with Crippen molar-refractivity contribution in [1.82, 2.24) is 0 Å². The van der Waals surface area contributed by atoms with Gasteiger partial charge < -0.3 is 15.8 Å². The van der Waals surface area contributed by atoms with E-state index in [1.165, 1.54) is 19.1 Å². The van der Waals surface area contributed by atoms with Crippen LogP contribution < -0.4 is 11.1 Å². The number of ether oxygens (including phenoxy) is 1. The zero-order valence-corrected chi connectivity index (χ0v) is 13.9. The molecule has 0 fully saturated rings. The Labute approximate surface area is 145 Å². The molecule has 0 radical (unpaired) electrons. The van der Waals surface area contributed by atoms with E-state index < -0.39 is 29.7 Å². The van der Waals surface area contributed by atoms with Gasteiger partial charge >= 0.3 is 5.97 Å². The summed E-state index contributed by atoms with van der Waals surface area (Å²) in [6.45, 7) is 1.32. The van der Waals surface area contributed by atoms with Crippen LogP contribution in [-0.4, -0.2) is 23.9 Å². The summed E-state index contributed by atoms with van der Waals surface area (Å²) in [5.41, 5.74) is 4.98. The molecule has 2 rings (SSSR count). The minimum absolute atomic E-state index is 0.131. The highest BCUT2D eigenvalue weighted by Crippen LogP contribution is 2.23. The zero-order chi connectivity index (χ0) is 17.9. The summed E-state index contributed by atoms with van der Waals surface area (Å²) in [5, 5.41) is 4.39. The van der Waals surface area contributed by atoms with Gasteiger partial charge in [0, 0.05) is 5.02 Å². The molecule has 3 N–H and O–H groups in total. The SMILES string of the molecule is C[C@@H](OC(=O)c1ccc(Cl)cc1F)C(=O)Nc1sccc1C(N)=O. The zero-order valence-electron chi connectivity index (χ0n) is 12.3. The highest BCUT2D eigenvalue weighted by molar-refractivity contribution is 7.14. The Morgan fingerprint density at radius 3 is 2.62 bits per heavy atom. The smallest absolute Gasteiger partial charge is 0.341 e. The van der Waals surface area contributed by atoms with Gasteiger partial charge in [0.15, 0.2) is 6.10 Å². The molecule has 1 heterocycles. The molecular formula is C15H12ClFN2O4S. The fourth-order valence-corrected chi connectivity index (χ4v) is 2.70. The number of benzene rings is 1. The van der Waals surface area contributed by atoms with Crippen molar-refractivity contribution >= 4 is 45.7 Å². The monoisotopic (exact) mass is 370 g/mol. The lowest BCUT2D eigenvalue weighted by atomic mass is 10.2. The number of amides is 2. The van der Waals surface area contributed by atoms with Crippen LogP contribution >= 0.6 is 22.9 Å². The Balaban J connectivity index is 2.04. The average molecular weight is 371 g/mol. The number of hydrogen-bond acceptors (Lipinski definition) is 5. The molecule has 0 saturated carbocycles. The van der Waals surface area contributed by atoms with Crippen LogP contribution in [0.4, 0.5) is 9.39 Å². The number of esters is 1. The fourth-order valence-electron chi connectivity index (χ4n) is 1.75. The lowest BCUT2D eigenvalue weighted by Gasteiger charge is -2.13. The van der Waals surface area contributed by atoms with E-state index >= 15 is 0 Å². The second-order valence-electron chi connectivity index (χ2n) is 4.69. The lowest BCUT2D eigenvalue weighted by molar-refractivity contribution is -0.123. The number of thiophene rings is 1. The molecule has 6 nitrogen and oxygen atoms in total. The summed E-state index contributed by atoms with van der Waals surface area (Å²) >= 11 is 6.70. The van der Waals surface area contributed by atoms with Crippen LogP contribution in [0.1, 0.15) is 27.6 Å². The van der Waals surface area contributed by atoms with Crippen molar-refractivity contribution in [2.24, 2.45) is 5.73 Å². The maximum Gasteiger partial charge on any atom is 0.341 e. The number of carbonyl (C=O) groups is 3. The normalized spacial score (nSPS) is 11.6. The van der Waals surface area contributed by atoms with Crippen molar-refractivity contribution < 1.29 is 23.5 Å². The number of primary amides is 1. The Kier molecular flexibility index (Phi) is 5.53. The minimum Gasteiger partial charge on any atom is -0.449 e. The van der Waals surface area contributed by atoms with Gasteiger partial charge in [-0.05, 0) is 36.6 Å². The van der Waals surface area contributed by atoms with Crippen molar-refractivity contribution in [3.05, 3.63) is 51.6 Å². The number of nitrogens with one attached hydrogen (secondary N) is 1. The van der Waals surface area contributed by atoms with Crippen LogP contribution in [0, 0.1) is 5.82 Å². The summed E-state index contributed by atoms with van der Waals surface area (Å²) in [4.78, 5) is 35.2. The highest BCUT2D eigenvalue weighted by atomic mass is 35.5. The number of carbonyl (C=O) groups excluding carboxylic acids is 3. The van der Waals surface area contributed by atoms with Gasteiger partial charge in [0.05, 0.1) is 11.1 Å². The first-order valence-corrected chi connectivity index (χ1v) is 7.89. The van der Waals surface area contributed by atoms with Crippen molar-refractivity contribution in [1.29, 1.82) is 0 Å². The standard InChI is InChI=1S/C15H12ClFN2O4S/c1-7(13(21)19-14-10(12(18)20)4-5-24-14)23-15(22)9-3-2-8(16)6-11(9)17/h2-7H,1H3,(H2,18,20)(H,19,21)/t7-/m1/s1. The summed E-state index contributed by atoms with van der Waals surface area (Å²) in [5.74, 6) is -3.23. The van der Waals surface area contributed by atoms with Crippen LogP contribution in [0.2, 0.25) is 5.02 Å². The van der Waals surface area contributed by atoms with E-state index in [9.17, 15) is 18.8 Å². The molecule has 0 saturated heterocycles. The molecule has 0 spiro atoms. The first-order valence-electron chi connectivity index (χ1n) is 6.63. The molecule has 0 aliphatic rings. The quantitative estimate of drug-likeness (QED) is 0.790. The molecule has 2 aromatic rings. The predicted molar refractivity (Wildman–Crippen MR) is 87.8 cm³/mol. The second kappa shape index (κ2) is 7.41. The topological polar surface area (TPSA) is 98.5 Å². The Morgan fingerprint density at radius 2 is 2.00 bits per heavy atom. The first kappa shape index (κ1) is 17.9. The summed E-state index contributed by atoms with van der Waals surface area (Å²) in [6.07, 6.45) is -1.21. The van der Waals surface area contributed by atoms with Crippen molar-refractivity contribution in [3.63, 3.8) is 0 Å². The number of halogens is 2. The van der Waals surface area contributed by atoms with Gasteiger partial charge in [-0.15, -0.1) is 11.3 Å². The molecule has 0 aliphatic heterocycles. The molecule has 126 valence electrons. The van der Waals surface area contributed by atoms with E-state index in [1.54, 1.807) is 5.38 Å². The largest absolute Gasteiger partial charge is 0.449 e. The molecule has 1 atom stereocenters. The van der Waals surface area contributed by atoms with Gasteiger partial charge in [0.25, 0.3) is 11.8 Å². The molecule has 0 unspecified atom stereocenters. The molecule has 24 heavy (non-hydrogen) atoms. The minimum atomic E-state index is -1.21. The van der Waals surface area contributed by atoms with Crippen LogP contribution in [0.15, 0.2) is 29.6 Å². The predicted octanol–water partition coefficient (Wildman–Crippen LogP) is 2.82. The Morgan fingerprint density at radius 1 is 1.29 bits per heavy atom. The number of rotatable bonds is 5. The summed E-state index contributed by atoms with van der Waals surface area (Å²) in [7, 11) is 0. The second-order valence-corrected chi connectivity index (χ2v) is 6.04. The van der Waals surface area contributed by atoms with Gasteiger partial charge in [-0.2, -0.15) is 0 Å². The van der Waals surface area contributed by atoms with Crippen molar-refractivity contribution in [3.8, 4) is 0 Å². The first-order chi connectivity index (χ1) is 11.3. The van der Waals surface area contributed by atoms with Gasteiger partial charge in [-0.3, -0.25) is 9.59 Å². The number of hydrogen-bond donors (Lipinski definition) is 2. The third-order valence-electron chi connectivity index (χ3n) is 2.97.